The molecular formula is C10H15F3N2O6. The maximum atomic E-state index is 12.8. The third kappa shape index (κ3) is 6.38. The molecule has 0 saturated heterocycles. The number of alkyl halides is 3. The molecule has 2 atom stereocenters. The van der Waals surface area contributed by atoms with Crippen LogP contribution < -0.4 is 5.32 Å². The number of hydrogen-bond acceptors (Lipinski definition) is 7. The Morgan fingerprint density at radius 2 is 1.95 bits per heavy atom. The van der Waals surface area contributed by atoms with Gasteiger partial charge in [-0.2, -0.15) is 13.2 Å². The van der Waals surface area contributed by atoms with Crippen molar-refractivity contribution in [2.45, 2.75) is 31.6 Å². The van der Waals surface area contributed by atoms with Gasteiger partial charge in [-0.25, -0.2) is 4.79 Å². The lowest BCUT2D eigenvalue weighted by atomic mass is 10.1. The van der Waals surface area contributed by atoms with Crippen LogP contribution in [-0.4, -0.2) is 55.4 Å². The van der Waals surface area contributed by atoms with Crippen molar-refractivity contribution in [2.75, 3.05) is 20.3 Å². The lowest BCUT2D eigenvalue weighted by Crippen LogP contribution is -2.57. The normalized spacial score (nSPS) is 14.1. The molecule has 11 heteroatoms. The van der Waals surface area contributed by atoms with Gasteiger partial charge in [-0.3, -0.25) is 20.2 Å². The topological polar surface area (TPSA) is 108 Å². The summed E-state index contributed by atoms with van der Waals surface area (Å²) >= 11 is 0. The van der Waals surface area contributed by atoms with E-state index in [1.54, 1.807) is 5.32 Å². The third-order valence-electron chi connectivity index (χ3n) is 2.34. The predicted octanol–water partition coefficient (Wildman–Crippen LogP) is 0.278. The number of rotatable bonds is 8. The van der Waals surface area contributed by atoms with Gasteiger partial charge in [0.15, 0.2) is 6.04 Å². The Kier molecular flexibility index (Phi) is 7.63. The van der Waals surface area contributed by atoms with Crippen molar-refractivity contribution in [3.8, 4) is 0 Å². The number of halogens is 3. The molecule has 0 saturated carbocycles. The smallest absolute Gasteiger partial charge is 0.411 e. The molecule has 2 unspecified atom stereocenters. The molecule has 0 rings (SSSR count). The zero-order valence-electron chi connectivity index (χ0n) is 11.3. The van der Waals surface area contributed by atoms with Crippen LogP contribution >= 0.6 is 0 Å². The maximum absolute atomic E-state index is 12.8. The largest absolute Gasteiger partial charge is 0.469 e. The van der Waals surface area contributed by atoms with Gasteiger partial charge in [0.2, 0.25) is 0 Å². The third-order valence-corrected chi connectivity index (χ3v) is 2.34. The van der Waals surface area contributed by atoms with E-state index in [1.165, 1.54) is 6.92 Å². The Balaban J connectivity index is 5.04. The first kappa shape index (κ1) is 19.1. The summed E-state index contributed by atoms with van der Waals surface area (Å²) < 4.78 is 47.0. The number of hydrogen-bond donors (Lipinski definition) is 1. The van der Waals surface area contributed by atoms with E-state index < -0.39 is 48.1 Å². The quantitative estimate of drug-likeness (QED) is 0.389. The minimum atomic E-state index is -5.07. The molecule has 0 aliphatic carbocycles. The van der Waals surface area contributed by atoms with Crippen molar-refractivity contribution in [1.82, 2.24) is 5.32 Å². The lowest BCUT2D eigenvalue weighted by molar-refractivity contribution is -0.522. The molecule has 0 aromatic rings. The van der Waals surface area contributed by atoms with Gasteiger partial charge in [0.25, 0.3) is 0 Å². The molecule has 0 amide bonds. The summed E-state index contributed by atoms with van der Waals surface area (Å²) in [5, 5.41) is 12.5. The second-order valence-corrected chi connectivity index (χ2v) is 3.78. The first-order chi connectivity index (χ1) is 9.65. The first-order valence-corrected chi connectivity index (χ1v) is 5.82. The highest BCUT2D eigenvalue weighted by Gasteiger charge is 2.54. The van der Waals surface area contributed by atoms with Crippen LogP contribution in [0.4, 0.5) is 13.2 Å². The Hall–Kier alpha value is -1.91. The highest BCUT2D eigenvalue weighted by Crippen LogP contribution is 2.24. The number of nitrogens with one attached hydrogen (secondary N) is 1. The molecule has 1 N–H and O–H groups in total. The predicted molar refractivity (Wildman–Crippen MR) is 61.9 cm³/mol. The average Bonchev–Trinajstić information content (AvgIpc) is 2.35. The van der Waals surface area contributed by atoms with Crippen molar-refractivity contribution < 1.29 is 37.2 Å². The fourth-order valence-electron chi connectivity index (χ4n) is 1.41. The van der Waals surface area contributed by atoms with Gasteiger partial charge < -0.3 is 9.47 Å². The van der Waals surface area contributed by atoms with Crippen LogP contribution in [0.1, 0.15) is 13.3 Å². The van der Waals surface area contributed by atoms with E-state index >= 15 is 0 Å². The Morgan fingerprint density at radius 1 is 1.38 bits per heavy atom. The molecule has 0 heterocycles. The van der Waals surface area contributed by atoms with Crippen molar-refractivity contribution >= 4 is 11.9 Å². The molecule has 8 nitrogen and oxygen atoms in total. The Morgan fingerprint density at radius 3 is 2.33 bits per heavy atom. The van der Waals surface area contributed by atoms with E-state index in [0.29, 0.717) is 0 Å². The Labute approximate surface area is 117 Å². The van der Waals surface area contributed by atoms with Gasteiger partial charge in [0.05, 0.1) is 20.1 Å². The summed E-state index contributed by atoms with van der Waals surface area (Å²) in [6, 6.07) is -5.42. The summed E-state index contributed by atoms with van der Waals surface area (Å²) in [6.07, 6.45) is -5.50. The highest BCUT2D eigenvalue weighted by molar-refractivity contribution is 5.75. The number of esters is 2. The maximum Gasteiger partial charge on any atom is 0.411 e. The van der Waals surface area contributed by atoms with Crippen LogP contribution in [0.2, 0.25) is 0 Å². The Bertz CT molecular complexity index is 387. The summed E-state index contributed by atoms with van der Waals surface area (Å²) in [4.78, 5) is 31.5. The van der Waals surface area contributed by atoms with Crippen LogP contribution in [-0.2, 0) is 19.1 Å². The summed E-state index contributed by atoms with van der Waals surface area (Å²) in [6.45, 7) is 0.471. The van der Waals surface area contributed by atoms with E-state index in [4.69, 9.17) is 0 Å². The number of methoxy groups -OCH3 is 1. The van der Waals surface area contributed by atoms with Gasteiger partial charge in [0.1, 0.15) is 0 Å². The van der Waals surface area contributed by atoms with Gasteiger partial charge >= 0.3 is 24.2 Å². The molecule has 0 fully saturated rings. The lowest BCUT2D eigenvalue weighted by Gasteiger charge is -2.23. The van der Waals surface area contributed by atoms with E-state index in [1.807, 2.05) is 0 Å². The second kappa shape index (κ2) is 8.39. The second-order valence-electron chi connectivity index (χ2n) is 3.78. The van der Waals surface area contributed by atoms with Crippen LogP contribution in [0.15, 0.2) is 0 Å². The molecule has 0 aliphatic rings. The molecule has 0 aliphatic heterocycles. The zero-order valence-corrected chi connectivity index (χ0v) is 11.3. The van der Waals surface area contributed by atoms with Crippen LogP contribution in [0.5, 0.6) is 0 Å². The first-order valence-electron chi connectivity index (χ1n) is 5.82. The molecular weight excluding hydrogens is 301 g/mol. The fraction of sp³-hybridized carbons (Fsp3) is 0.800. The van der Waals surface area contributed by atoms with Gasteiger partial charge in [-0.15, -0.1) is 0 Å². The van der Waals surface area contributed by atoms with E-state index in [-0.39, 0.29) is 6.61 Å². The van der Waals surface area contributed by atoms with Gasteiger partial charge in [-0.05, 0) is 6.92 Å². The van der Waals surface area contributed by atoms with E-state index in [0.717, 1.165) is 7.11 Å². The van der Waals surface area contributed by atoms with Gasteiger partial charge in [-0.1, -0.05) is 0 Å². The number of carbonyl (C=O) groups is 2. The minimum absolute atomic E-state index is 0.296. The van der Waals surface area contributed by atoms with Gasteiger partial charge in [0, 0.05) is 11.5 Å². The molecule has 0 spiro atoms. The monoisotopic (exact) mass is 316 g/mol. The number of ether oxygens (including phenoxy) is 2. The van der Waals surface area contributed by atoms with Crippen LogP contribution in [0.25, 0.3) is 0 Å². The van der Waals surface area contributed by atoms with Crippen LogP contribution in [0.3, 0.4) is 0 Å². The summed E-state index contributed by atoms with van der Waals surface area (Å²) in [5.41, 5.74) is 0. The SMILES string of the molecule is CCOC(=O)C(C(NCCC(=O)OC)C(F)(F)F)[N+](=O)[O-]. The number of nitrogens with zero attached hydrogens (tertiary/aromatic N) is 1. The van der Waals surface area contributed by atoms with Crippen LogP contribution in [0, 0.1) is 10.1 Å². The van der Waals surface area contributed by atoms with Crippen molar-refractivity contribution in [3.63, 3.8) is 0 Å². The summed E-state index contributed by atoms with van der Waals surface area (Å²) in [7, 11) is 1.04. The zero-order chi connectivity index (χ0) is 16.6. The van der Waals surface area contributed by atoms with Crippen molar-refractivity contribution in [1.29, 1.82) is 0 Å². The minimum Gasteiger partial charge on any atom is -0.469 e. The standard InChI is InChI=1S/C10H15F3N2O6/c1-3-21-9(17)7(15(18)19)8(10(11,12)13)14-5-4-6(16)20-2/h7-8,14H,3-5H2,1-2H3. The van der Waals surface area contributed by atoms with Crippen molar-refractivity contribution in [3.05, 3.63) is 10.1 Å². The summed E-state index contributed by atoms with van der Waals surface area (Å²) in [5.74, 6) is -2.40. The van der Waals surface area contributed by atoms with E-state index in [2.05, 4.69) is 9.47 Å². The number of carbonyl (C=O) groups excluding carboxylic acids is 2. The van der Waals surface area contributed by atoms with Crippen molar-refractivity contribution in [2.24, 2.45) is 0 Å². The molecule has 21 heavy (non-hydrogen) atoms. The number of nitro groups is 1. The molecule has 0 aromatic heterocycles. The van der Waals surface area contributed by atoms with E-state index in [9.17, 15) is 32.9 Å². The highest BCUT2D eigenvalue weighted by atomic mass is 19.4. The average molecular weight is 316 g/mol. The molecule has 0 radical (unpaired) electrons. The fourth-order valence-corrected chi connectivity index (χ4v) is 1.41. The molecule has 0 aromatic carbocycles. The molecule has 122 valence electrons. The molecule has 0 bridgehead atoms.